The molecule has 0 bridgehead atoms. The van der Waals surface area contributed by atoms with Crippen LogP contribution in [0.4, 0.5) is 5.13 Å². The van der Waals surface area contributed by atoms with Crippen LogP contribution in [0.3, 0.4) is 0 Å². The summed E-state index contributed by atoms with van der Waals surface area (Å²) < 4.78 is 0.962. The molecular weight excluding hydrogens is 428 g/mol. The Labute approximate surface area is 171 Å². The van der Waals surface area contributed by atoms with E-state index in [1.54, 1.807) is 4.90 Å². The van der Waals surface area contributed by atoms with Gasteiger partial charge in [0.05, 0.1) is 0 Å². The average molecular weight is 451 g/mol. The Bertz CT molecular complexity index is 811. The van der Waals surface area contributed by atoms with Crippen LogP contribution in [0.25, 0.3) is 10.6 Å². The van der Waals surface area contributed by atoms with Crippen LogP contribution >= 0.6 is 27.3 Å². The quantitative estimate of drug-likeness (QED) is 0.630. The number of anilines is 1. The number of hydrogen-bond donors (Lipinski definition) is 1. The number of carbonyl (C=O) groups excluding carboxylic acids is 2. The van der Waals surface area contributed by atoms with Crippen LogP contribution in [0.2, 0.25) is 0 Å². The summed E-state index contributed by atoms with van der Waals surface area (Å²) in [7, 11) is 0. The normalized spacial score (nSPS) is 16.5. The summed E-state index contributed by atoms with van der Waals surface area (Å²) in [6.07, 6.45) is 5.07. The summed E-state index contributed by atoms with van der Waals surface area (Å²) in [4.78, 5) is 26.8. The molecule has 1 aromatic carbocycles. The van der Waals surface area contributed by atoms with E-state index < -0.39 is 6.04 Å². The number of likely N-dealkylation sites (tertiary alicyclic amines) is 1. The molecule has 144 valence electrons. The third-order valence-electron chi connectivity index (χ3n) is 4.60. The van der Waals surface area contributed by atoms with E-state index in [4.69, 9.17) is 0 Å². The van der Waals surface area contributed by atoms with E-state index in [1.807, 2.05) is 24.3 Å². The lowest BCUT2D eigenvalue weighted by atomic mass is 10.1. The van der Waals surface area contributed by atoms with Crippen molar-refractivity contribution in [2.45, 2.75) is 51.5 Å². The molecule has 1 unspecified atom stereocenters. The first-order valence-electron chi connectivity index (χ1n) is 9.28. The fourth-order valence-corrected chi connectivity index (χ4v) is 4.35. The second kappa shape index (κ2) is 9.41. The van der Waals surface area contributed by atoms with Crippen LogP contribution in [0.5, 0.6) is 0 Å². The van der Waals surface area contributed by atoms with E-state index in [0.29, 0.717) is 24.5 Å². The van der Waals surface area contributed by atoms with Crippen LogP contribution in [0.1, 0.15) is 45.4 Å². The molecule has 6 nitrogen and oxygen atoms in total. The summed E-state index contributed by atoms with van der Waals surface area (Å²) in [6, 6.07) is 7.38. The number of aromatic nitrogens is 2. The molecular formula is C19H23BrN4O2S. The maximum absolute atomic E-state index is 12.7. The SMILES string of the molecule is CCCCCC(=O)N1CCCC1C(=O)Nc1nnc(-c2cccc(Br)c2)s1. The van der Waals surface area contributed by atoms with Gasteiger partial charge in [0.25, 0.3) is 0 Å². The number of amides is 2. The van der Waals surface area contributed by atoms with E-state index in [2.05, 4.69) is 38.4 Å². The number of halogens is 1. The second-order valence-corrected chi connectivity index (χ2v) is 8.51. The molecule has 0 spiro atoms. The molecule has 1 saturated heterocycles. The number of unbranched alkanes of at least 4 members (excludes halogenated alkanes) is 2. The van der Waals surface area contributed by atoms with Gasteiger partial charge in [-0.15, -0.1) is 10.2 Å². The highest BCUT2D eigenvalue weighted by atomic mass is 79.9. The highest BCUT2D eigenvalue weighted by Gasteiger charge is 2.34. The second-order valence-electron chi connectivity index (χ2n) is 6.61. The molecule has 0 radical (unpaired) electrons. The van der Waals surface area contributed by atoms with Crippen molar-refractivity contribution < 1.29 is 9.59 Å². The van der Waals surface area contributed by atoms with Crippen molar-refractivity contribution in [3.8, 4) is 10.6 Å². The van der Waals surface area contributed by atoms with Gasteiger partial charge in [0.15, 0.2) is 0 Å². The summed E-state index contributed by atoms with van der Waals surface area (Å²) in [5.74, 6) is -0.0959. The molecule has 1 fully saturated rings. The highest BCUT2D eigenvalue weighted by Crippen LogP contribution is 2.29. The van der Waals surface area contributed by atoms with Gasteiger partial charge in [-0.25, -0.2) is 0 Å². The predicted octanol–water partition coefficient (Wildman–Crippen LogP) is 4.48. The van der Waals surface area contributed by atoms with E-state index in [-0.39, 0.29) is 11.8 Å². The Morgan fingerprint density at radius 1 is 1.33 bits per heavy atom. The van der Waals surface area contributed by atoms with E-state index in [1.165, 1.54) is 11.3 Å². The van der Waals surface area contributed by atoms with E-state index in [0.717, 1.165) is 40.7 Å². The van der Waals surface area contributed by atoms with Crippen molar-refractivity contribution in [1.82, 2.24) is 15.1 Å². The maximum atomic E-state index is 12.7. The Kier molecular flexibility index (Phi) is 6.95. The first-order chi connectivity index (χ1) is 13.1. The number of carbonyl (C=O) groups is 2. The van der Waals surface area contributed by atoms with Crippen LogP contribution < -0.4 is 5.32 Å². The van der Waals surface area contributed by atoms with Crippen molar-refractivity contribution >= 4 is 44.2 Å². The summed E-state index contributed by atoms with van der Waals surface area (Å²) in [5, 5.41) is 12.3. The lowest BCUT2D eigenvalue weighted by Gasteiger charge is -2.23. The summed E-state index contributed by atoms with van der Waals surface area (Å²) >= 11 is 4.77. The van der Waals surface area contributed by atoms with Crippen LogP contribution in [-0.4, -0.2) is 39.5 Å². The topological polar surface area (TPSA) is 75.2 Å². The van der Waals surface area contributed by atoms with Gasteiger partial charge in [-0.2, -0.15) is 0 Å². The minimum absolute atomic E-state index is 0.0770. The van der Waals surface area contributed by atoms with Gasteiger partial charge in [0.2, 0.25) is 16.9 Å². The zero-order valence-electron chi connectivity index (χ0n) is 15.3. The van der Waals surface area contributed by atoms with Crippen molar-refractivity contribution in [3.63, 3.8) is 0 Å². The van der Waals surface area contributed by atoms with Crippen LogP contribution in [0.15, 0.2) is 28.7 Å². The summed E-state index contributed by atoms with van der Waals surface area (Å²) in [5.41, 5.74) is 0.941. The van der Waals surface area contributed by atoms with Crippen LogP contribution in [0, 0.1) is 0 Å². The highest BCUT2D eigenvalue weighted by molar-refractivity contribution is 9.10. The number of benzene rings is 1. The van der Waals surface area contributed by atoms with Gasteiger partial charge >= 0.3 is 0 Å². The molecule has 3 rings (SSSR count). The predicted molar refractivity (Wildman–Crippen MR) is 111 cm³/mol. The third kappa shape index (κ3) is 5.13. The number of nitrogens with zero attached hydrogens (tertiary/aromatic N) is 3. The number of nitrogens with one attached hydrogen (secondary N) is 1. The molecule has 0 aliphatic carbocycles. The van der Waals surface area contributed by atoms with Gasteiger partial charge in [0.1, 0.15) is 11.0 Å². The molecule has 1 atom stereocenters. The van der Waals surface area contributed by atoms with Crippen molar-refractivity contribution in [2.24, 2.45) is 0 Å². The smallest absolute Gasteiger partial charge is 0.249 e. The zero-order chi connectivity index (χ0) is 19.2. The van der Waals surface area contributed by atoms with Crippen molar-refractivity contribution in [1.29, 1.82) is 0 Å². The Morgan fingerprint density at radius 2 is 2.19 bits per heavy atom. The fourth-order valence-electron chi connectivity index (χ4n) is 3.21. The molecule has 8 heteroatoms. The Balaban J connectivity index is 1.62. The molecule has 2 amide bonds. The molecule has 1 N–H and O–H groups in total. The van der Waals surface area contributed by atoms with Crippen molar-refractivity contribution in [2.75, 3.05) is 11.9 Å². The van der Waals surface area contributed by atoms with Crippen LogP contribution in [-0.2, 0) is 9.59 Å². The minimum Gasteiger partial charge on any atom is -0.331 e. The van der Waals surface area contributed by atoms with Crippen molar-refractivity contribution in [3.05, 3.63) is 28.7 Å². The average Bonchev–Trinajstić information content (AvgIpc) is 3.31. The van der Waals surface area contributed by atoms with E-state index in [9.17, 15) is 9.59 Å². The number of hydrogen-bond acceptors (Lipinski definition) is 5. The monoisotopic (exact) mass is 450 g/mol. The minimum atomic E-state index is -0.405. The molecule has 2 heterocycles. The first-order valence-corrected chi connectivity index (χ1v) is 10.9. The van der Waals surface area contributed by atoms with Gasteiger partial charge in [-0.3, -0.25) is 14.9 Å². The fraction of sp³-hybridized carbons (Fsp3) is 0.474. The van der Waals surface area contributed by atoms with Gasteiger partial charge in [-0.1, -0.05) is 59.2 Å². The largest absolute Gasteiger partial charge is 0.331 e. The standard InChI is InChI=1S/C19H23BrN4O2S/c1-2-3-4-10-16(25)24-11-6-9-15(24)17(26)21-19-23-22-18(27-19)13-7-5-8-14(20)12-13/h5,7-8,12,15H,2-4,6,9-11H2,1H3,(H,21,23,26). The molecule has 1 aliphatic heterocycles. The summed E-state index contributed by atoms with van der Waals surface area (Å²) in [6.45, 7) is 2.77. The Hall–Kier alpha value is -1.80. The van der Waals surface area contributed by atoms with E-state index >= 15 is 0 Å². The Morgan fingerprint density at radius 3 is 2.96 bits per heavy atom. The zero-order valence-corrected chi connectivity index (χ0v) is 17.7. The molecule has 27 heavy (non-hydrogen) atoms. The first kappa shape index (κ1) is 19.9. The van der Waals surface area contributed by atoms with Gasteiger partial charge in [-0.05, 0) is 31.4 Å². The lowest BCUT2D eigenvalue weighted by Crippen LogP contribution is -2.43. The molecule has 0 saturated carbocycles. The van der Waals surface area contributed by atoms with Gasteiger partial charge in [0, 0.05) is 23.0 Å². The van der Waals surface area contributed by atoms with Gasteiger partial charge < -0.3 is 4.90 Å². The molecule has 2 aromatic rings. The lowest BCUT2D eigenvalue weighted by molar-refractivity contribution is -0.136. The molecule has 1 aromatic heterocycles. The molecule has 1 aliphatic rings. The number of rotatable bonds is 7. The maximum Gasteiger partial charge on any atom is 0.249 e. The third-order valence-corrected chi connectivity index (χ3v) is 5.98.